The molecule has 3 aromatic rings. The summed E-state index contributed by atoms with van der Waals surface area (Å²) in [7, 11) is 0. The molecule has 0 fully saturated rings. The molecule has 2 N–H and O–H groups in total. The van der Waals surface area contributed by atoms with Crippen molar-refractivity contribution in [2.75, 3.05) is 25.1 Å². The fraction of sp³-hybridized carbons (Fsp3) is 0.190. The van der Waals surface area contributed by atoms with Crippen molar-refractivity contribution in [2.45, 2.75) is 6.92 Å². The van der Waals surface area contributed by atoms with Gasteiger partial charge in [0, 0.05) is 17.7 Å². The number of aromatic nitrogens is 2. The van der Waals surface area contributed by atoms with Crippen molar-refractivity contribution in [3.8, 4) is 22.4 Å². The monoisotopic (exact) mass is 363 g/mol. The summed E-state index contributed by atoms with van der Waals surface area (Å²) in [6.45, 7) is 2.16. The Kier molecular flexibility index (Phi) is 6.12. The highest BCUT2D eigenvalue weighted by Crippen LogP contribution is 2.36. The predicted octanol–water partition coefficient (Wildman–Crippen LogP) is 3.39. The van der Waals surface area contributed by atoms with Crippen LogP contribution in [0.5, 0.6) is 0 Å². The number of carbonyl (C=O) groups excluding carboxylic acids is 1. The standard InChI is InChI=1S/C21H21N3O3/c1-2-27-21(26)18-17(15-9-5-3-6-10-15)19(16-11-7-4-8-12-16)23-24-20(18)22-13-14-25/h3-12,25H,2,13-14H2,1H3,(H,22,24). The quantitative estimate of drug-likeness (QED) is 0.626. The van der Waals surface area contributed by atoms with Crippen molar-refractivity contribution in [3.05, 3.63) is 66.2 Å². The maximum Gasteiger partial charge on any atom is 0.342 e. The first-order valence-corrected chi connectivity index (χ1v) is 8.79. The summed E-state index contributed by atoms with van der Waals surface area (Å²) in [6, 6.07) is 19.1. The van der Waals surface area contributed by atoms with Crippen LogP contribution < -0.4 is 5.32 Å². The molecular formula is C21H21N3O3. The molecule has 1 aromatic heterocycles. The summed E-state index contributed by atoms with van der Waals surface area (Å²) < 4.78 is 5.29. The van der Waals surface area contributed by atoms with Gasteiger partial charge in [0.05, 0.1) is 13.2 Å². The minimum atomic E-state index is -0.483. The van der Waals surface area contributed by atoms with Crippen LogP contribution in [0.4, 0.5) is 5.82 Å². The van der Waals surface area contributed by atoms with E-state index >= 15 is 0 Å². The van der Waals surface area contributed by atoms with Gasteiger partial charge in [-0.3, -0.25) is 0 Å². The second-order valence-electron chi connectivity index (χ2n) is 5.75. The van der Waals surface area contributed by atoms with Gasteiger partial charge in [-0.05, 0) is 12.5 Å². The highest BCUT2D eigenvalue weighted by molar-refractivity contribution is 6.05. The van der Waals surface area contributed by atoms with Gasteiger partial charge in [0.2, 0.25) is 0 Å². The van der Waals surface area contributed by atoms with E-state index in [2.05, 4.69) is 15.5 Å². The first-order valence-electron chi connectivity index (χ1n) is 8.79. The van der Waals surface area contributed by atoms with Crippen LogP contribution >= 0.6 is 0 Å². The molecule has 27 heavy (non-hydrogen) atoms. The number of ether oxygens (including phenoxy) is 1. The maximum absolute atomic E-state index is 12.8. The van der Waals surface area contributed by atoms with E-state index in [-0.39, 0.29) is 19.8 Å². The number of nitrogens with zero attached hydrogens (tertiary/aromatic N) is 2. The molecule has 0 aliphatic heterocycles. The lowest BCUT2D eigenvalue weighted by molar-refractivity contribution is 0.0528. The van der Waals surface area contributed by atoms with Gasteiger partial charge >= 0.3 is 5.97 Å². The number of esters is 1. The Balaban J connectivity index is 2.29. The number of aliphatic hydroxyl groups excluding tert-OH is 1. The van der Waals surface area contributed by atoms with Crippen LogP contribution in [-0.4, -0.2) is 41.0 Å². The van der Waals surface area contributed by atoms with Gasteiger partial charge in [-0.25, -0.2) is 4.79 Å². The zero-order valence-electron chi connectivity index (χ0n) is 15.1. The third-order valence-electron chi connectivity index (χ3n) is 3.97. The second kappa shape index (κ2) is 8.91. The first kappa shape index (κ1) is 18.5. The average Bonchev–Trinajstić information content (AvgIpc) is 2.73. The predicted molar refractivity (Wildman–Crippen MR) is 104 cm³/mol. The van der Waals surface area contributed by atoms with Crippen LogP contribution in [0, 0.1) is 0 Å². The van der Waals surface area contributed by atoms with E-state index < -0.39 is 5.97 Å². The highest BCUT2D eigenvalue weighted by atomic mass is 16.5. The van der Waals surface area contributed by atoms with Crippen molar-refractivity contribution in [1.82, 2.24) is 10.2 Å². The van der Waals surface area contributed by atoms with Gasteiger partial charge in [0.25, 0.3) is 0 Å². The van der Waals surface area contributed by atoms with Crippen LogP contribution in [0.15, 0.2) is 60.7 Å². The lowest BCUT2D eigenvalue weighted by Crippen LogP contribution is -2.17. The summed E-state index contributed by atoms with van der Waals surface area (Å²) in [5.41, 5.74) is 3.24. The molecule has 0 radical (unpaired) electrons. The molecule has 6 heteroatoms. The number of hydrogen-bond acceptors (Lipinski definition) is 6. The van der Waals surface area contributed by atoms with E-state index in [1.807, 2.05) is 60.7 Å². The van der Waals surface area contributed by atoms with Gasteiger partial charge < -0.3 is 15.2 Å². The second-order valence-corrected chi connectivity index (χ2v) is 5.75. The zero-order chi connectivity index (χ0) is 19.1. The molecule has 0 saturated carbocycles. The number of carbonyl (C=O) groups is 1. The molecule has 0 bridgehead atoms. The maximum atomic E-state index is 12.8. The van der Waals surface area contributed by atoms with Crippen LogP contribution in [0.2, 0.25) is 0 Å². The molecule has 0 amide bonds. The van der Waals surface area contributed by atoms with Gasteiger partial charge in [-0.15, -0.1) is 10.2 Å². The lowest BCUT2D eigenvalue weighted by Gasteiger charge is -2.17. The number of hydrogen-bond donors (Lipinski definition) is 2. The van der Waals surface area contributed by atoms with Gasteiger partial charge in [0.1, 0.15) is 11.3 Å². The van der Waals surface area contributed by atoms with Crippen LogP contribution in [0.1, 0.15) is 17.3 Å². The Morgan fingerprint density at radius 2 is 1.63 bits per heavy atom. The van der Waals surface area contributed by atoms with Gasteiger partial charge in [-0.2, -0.15) is 0 Å². The number of nitrogens with one attached hydrogen (secondary N) is 1. The molecule has 6 nitrogen and oxygen atoms in total. The zero-order valence-corrected chi connectivity index (χ0v) is 15.1. The van der Waals surface area contributed by atoms with Crippen LogP contribution in [0.3, 0.4) is 0 Å². The number of aliphatic hydroxyl groups is 1. The average molecular weight is 363 g/mol. The van der Waals surface area contributed by atoms with E-state index in [0.29, 0.717) is 22.6 Å². The molecule has 138 valence electrons. The van der Waals surface area contributed by atoms with Gasteiger partial charge in [-0.1, -0.05) is 60.7 Å². The molecule has 0 aliphatic rings. The molecule has 0 unspecified atom stereocenters. The third-order valence-corrected chi connectivity index (χ3v) is 3.97. The van der Waals surface area contributed by atoms with E-state index in [1.165, 1.54) is 0 Å². The lowest BCUT2D eigenvalue weighted by atomic mass is 9.95. The van der Waals surface area contributed by atoms with E-state index in [1.54, 1.807) is 6.92 Å². The van der Waals surface area contributed by atoms with Crippen LogP contribution in [-0.2, 0) is 4.74 Å². The van der Waals surface area contributed by atoms with Crippen molar-refractivity contribution in [3.63, 3.8) is 0 Å². The summed E-state index contributed by atoms with van der Waals surface area (Å²) in [4.78, 5) is 12.8. The molecular weight excluding hydrogens is 342 g/mol. The van der Waals surface area contributed by atoms with E-state index in [4.69, 9.17) is 9.84 Å². The fourth-order valence-corrected chi connectivity index (χ4v) is 2.82. The first-order chi connectivity index (χ1) is 13.3. The molecule has 0 atom stereocenters. The molecule has 0 spiro atoms. The molecule has 0 saturated heterocycles. The number of benzene rings is 2. The Hall–Kier alpha value is -3.25. The van der Waals surface area contributed by atoms with Crippen molar-refractivity contribution < 1.29 is 14.6 Å². The highest BCUT2D eigenvalue weighted by Gasteiger charge is 2.25. The largest absolute Gasteiger partial charge is 0.462 e. The topological polar surface area (TPSA) is 84.3 Å². The Morgan fingerprint density at radius 1 is 1.00 bits per heavy atom. The van der Waals surface area contributed by atoms with Crippen molar-refractivity contribution in [2.24, 2.45) is 0 Å². The van der Waals surface area contributed by atoms with E-state index in [0.717, 1.165) is 11.1 Å². The SMILES string of the molecule is CCOC(=O)c1c(NCCO)nnc(-c2ccccc2)c1-c1ccccc1. The summed E-state index contributed by atoms with van der Waals surface area (Å²) >= 11 is 0. The summed E-state index contributed by atoms with van der Waals surface area (Å²) in [6.07, 6.45) is 0. The van der Waals surface area contributed by atoms with Crippen molar-refractivity contribution >= 4 is 11.8 Å². The smallest absolute Gasteiger partial charge is 0.342 e. The molecule has 0 aliphatic carbocycles. The molecule has 1 heterocycles. The third kappa shape index (κ3) is 4.12. The molecule has 2 aromatic carbocycles. The minimum absolute atomic E-state index is 0.0922. The Morgan fingerprint density at radius 3 is 2.22 bits per heavy atom. The van der Waals surface area contributed by atoms with Crippen molar-refractivity contribution in [1.29, 1.82) is 0 Å². The van der Waals surface area contributed by atoms with E-state index in [9.17, 15) is 4.79 Å². The number of rotatable bonds is 7. The molecule has 3 rings (SSSR count). The minimum Gasteiger partial charge on any atom is -0.462 e. The van der Waals surface area contributed by atoms with Crippen LogP contribution in [0.25, 0.3) is 22.4 Å². The van der Waals surface area contributed by atoms with Gasteiger partial charge in [0.15, 0.2) is 5.82 Å². The normalized spacial score (nSPS) is 10.4. The fourth-order valence-electron chi connectivity index (χ4n) is 2.82. The Labute approximate surface area is 157 Å². The Bertz CT molecular complexity index is 899. The summed E-state index contributed by atoms with van der Waals surface area (Å²) in [5.74, 6) is -0.190. The number of anilines is 1. The summed E-state index contributed by atoms with van der Waals surface area (Å²) in [5, 5.41) is 20.7.